The van der Waals surface area contributed by atoms with Crippen LogP contribution in [0.2, 0.25) is 4.34 Å². The third kappa shape index (κ3) is 7.30. The van der Waals surface area contributed by atoms with Crippen molar-refractivity contribution in [3.63, 3.8) is 0 Å². The fourth-order valence-electron chi connectivity index (χ4n) is 5.78. The number of pyridine rings is 1. The van der Waals surface area contributed by atoms with Crippen LogP contribution in [0.5, 0.6) is 0 Å². The van der Waals surface area contributed by atoms with Crippen LogP contribution in [0.25, 0.3) is 5.69 Å². The Kier molecular flexibility index (Phi) is 10.1. The number of halogens is 1. The molecule has 3 heterocycles. The van der Waals surface area contributed by atoms with E-state index in [9.17, 15) is 19.5 Å². The van der Waals surface area contributed by atoms with Crippen LogP contribution < -0.4 is 21.1 Å². The van der Waals surface area contributed by atoms with Crippen molar-refractivity contribution < 1.29 is 19.4 Å². The van der Waals surface area contributed by atoms with Gasteiger partial charge in [0.2, 0.25) is 5.91 Å². The van der Waals surface area contributed by atoms with Crippen molar-refractivity contribution in [1.29, 1.82) is 0 Å². The van der Waals surface area contributed by atoms with Gasteiger partial charge in [0.05, 0.1) is 27.6 Å². The molecule has 5 rings (SSSR count). The van der Waals surface area contributed by atoms with Crippen LogP contribution in [-0.2, 0) is 22.6 Å². The minimum Gasteiger partial charge on any atom is -0.393 e. The number of methoxy groups -OCH3 is 1. The molecule has 2 amide bonds. The fraction of sp³-hybridized carbons (Fsp3) is 0.452. The monoisotopic (exact) mass is 612 g/mol. The van der Waals surface area contributed by atoms with E-state index in [4.69, 9.17) is 16.3 Å². The van der Waals surface area contributed by atoms with E-state index in [2.05, 4.69) is 10.6 Å². The normalized spacial score (nSPS) is 20.7. The first-order chi connectivity index (χ1) is 20.3. The van der Waals surface area contributed by atoms with Gasteiger partial charge < -0.3 is 25.4 Å². The first-order valence-corrected chi connectivity index (χ1v) is 15.6. The summed E-state index contributed by atoms with van der Waals surface area (Å²) in [5, 5.41) is 16.2. The predicted octanol–water partition coefficient (Wildman–Crippen LogP) is 3.92. The Bertz CT molecular complexity index is 1470. The van der Waals surface area contributed by atoms with Crippen LogP contribution in [0.3, 0.4) is 0 Å². The van der Waals surface area contributed by atoms with Crippen molar-refractivity contribution in [3.8, 4) is 5.69 Å². The van der Waals surface area contributed by atoms with Crippen molar-refractivity contribution >= 4 is 40.4 Å². The molecule has 42 heavy (non-hydrogen) atoms. The maximum atomic E-state index is 13.5. The van der Waals surface area contributed by atoms with Crippen molar-refractivity contribution in [2.75, 3.05) is 31.6 Å². The lowest BCUT2D eigenvalue weighted by atomic mass is 9.93. The van der Waals surface area contributed by atoms with Gasteiger partial charge in [-0.25, -0.2) is 0 Å². The van der Waals surface area contributed by atoms with E-state index in [1.54, 1.807) is 34.9 Å². The molecular formula is C31H37ClN4O5S. The molecule has 2 fully saturated rings. The van der Waals surface area contributed by atoms with Gasteiger partial charge in [0.25, 0.3) is 11.5 Å². The lowest BCUT2D eigenvalue weighted by Crippen LogP contribution is -2.36. The second-order valence-corrected chi connectivity index (χ2v) is 12.8. The van der Waals surface area contributed by atoms with Gasteiger partial charge in [0, 0.05) is 61.6 Å². The molecule has 3 aromatic rings. The Balaban J connectivity index is 1.25. The number of nitrogens with one attached hydrogen (secondary N) is 2. The molecule has 11 heteroatoms. The summed E-state index contributed by atoms with van der Waals surface area (Å²) >= 11 is 7.16. The van der Waals surface area contributed by atoms with Crippen LogP contribution in [0.4, 0.5) is 5.69 Å². The molecule has 0 unspecified atom stereocenters. The number of carbonyl (C=O) groups is 2. The highest BCUT2D eigenvalue weighted by Gasteiger charge is 2.31. The third-order valence-corrected chi connectivity index (χ3v) is 9.27. The highest BCUT2D eigenvalue weighted by molar-refractivity contribution is 7.18. The van der Waals surface area contributed by atoms with Crippen LogP contribution in [0.15, 0.2) is 53.5 Å². The summed E-state index contributed by atoms with van der Waals surface area (Å²) in [6.45, 7) is 1.85. The second kappa shape index (κ2) is 14.0. The minimum absolute atomic E-state index is 0.0105. The van der Waals surface area contributed by atoms with E-state index in [0.717, 1.165) is 42.5 Å². The molecule has 9 nitrogen and oxygen atoms in total. The number of nitrogens with zero attached hydrogens (tertiary/aromatic N) is 2. The molecule has 0 radical (unpaired) electrons. The van der Waals surface area contributed by atoms with Gasteiger partial charge in [-0.05, 0) is 75.0 Å². The summed E-state index contributed by atoms with van der Waals surface area (Å²) in [5.41, 5.74) is 2.89. The summed E-state index contributed by atoms with van der Waals surface area (Å²) in [6.07, 6.45) is 6.06. The Labute approximate surface area is 254 Å². The lowest BCUT2D eigenvalue weighted by Gasteiger charge is -2.26. The van der Waals surface area contributed by atoms with E-state index in [1.165, 1.54) is 11.3 Å². The zero-order valence-electron chi connectivity index (χ0n) is 23.7. The Morgan fingerprint density at radius 1 is 1.12 bits per heavy atom. The van der Waals surface area contributed by atoms with Crippen molar-refractivity contribution in [2.45, 2.75) is 57.3 Å². The fourth-order valence-corrected chi connectivity index (χ4v) is 6.74. The number of carbonyl (C=O) groups excluding carboxylic acids is 2. The van der Waals surface area contributed by atoms with Crippen LogP contribution in [-0.4, -0.2) is 60.4 Å². The Morgan fingerprint density at radius 2 is 1.93 bits per heavy atom. The molecule has 3 N–H and O–H groups in total. The maximum Gasteiger partial charge on any atom is 0.261 e. The van der Waals surface area contributed by atoms with Gasteiger partial charge in [0.15, 0.2) is 0 Å². The lowest BCUT2D eigenvalue weighted by molar-refractivity contribution is -0.117. The SMILES string of the molecule is COCc1cc(N2C[C@H](CNC(=O)c3ccc(Cl)s3)CC2=O)ccc1-n1cccc(CCN[C@H]2CC[C@H](O)CC2)c1=O. The van der Waals surface area contributed by atoms with Gasteiger partial charge in [-0.3, -0.25) is 19.0 Å². The number of hydrogen-bond acceptors (Lipinski definition) is 7. The van der Waals surface area contributed by atoms with E-state index in [1.807, 2.05) is 30.3 Å². The Hall–Kier alpha value is -3.02. The average molecular weight is 613 g/mol. The number of benzene rings is 1. The smallest absolute Gasteiger partial charge is 0.261 e. The number of anilines is 1. The highest BCUT2D eigenvalue weighted by Crippen LogP contribution is 2.29. The number of hydrogen-bond donors (Lipinski definition) is 3. The predicted molar refractivity (Wildman–Crippen MR) is 165 cm³/mol. The van der Waals surface area contributed by atoms with Gasteiger partial charge in [0.1, 0.15) is 0 Å². The molecular weight excluding hydrogens is 576 g/mol. The third-order valence-electron chi connectivity index (χ3n) is 8.04. The van der Waals surface area contributed by atoms with Crippen LogP contribution in [0, 0.1) is 5.92 Å². The van der Waals surface area contributed by atoms with E-state index in [-0.39, 0.29) is 36.0 Å². The van der Waals surface area contributed by atoms with Crippen molar-refractivity contribution in [1.82, 2.24) is 15.2 Å². The summed E-state index contributed by atoms with van der Waals surface area (Å²) in [6, 6.07) is 13.1. The molecule has 1 atom stereocenters. The second-order valence-electron chi connectivity index (χ2n) is 11.1. The molecule has 1 saturated carbocycles. The molecule has 1 aromatic carbocycles. The summed E-state index contributed by atoms with van der Waals surface area (Å²) in [4.78, 5) is 41.1. The quantitative estimate of drug-likeness (QED) is 0.303. The van der Waals surface area contributed by atoms with E-state index < -0.39 is 0 Å². The van der Waals surface area contributed by atoms with Gasteiger partial charge in [-0.1, -0.05) is 17.7 Å². The molecule has 224 valence electrons. The van der Waals surface area contributed by atoms with E-state index >= 15 is 0 Å². The Morgan fingerprint density at radius 3 is 2.67 bits per heavy atom. The first-order valence-electron chi connectivity index (χ1n) is 14.4. The van der Waals surface area contributed by atoms with Gasteiger partial charge >= 0.3 is 0 Å². The largest absolute Gasteiger partial charge is 0.393 e. The van der Waals surface area contributed by atoms with Gasteiger partial charge in [-0.2, -0.15) is 0 Å². The van der Waals surface area contributed by atoms with Crippen LogP contribution in [0.1, 0.15) is 52.9 Å². The molecule has 1 saturated heterocycles. The first kappa shape index (κ1) is 30.4. The average Bonchev–Trinajstić information content (AvgIpc) is 3.59. The molecule has 1 aliphatic heterocycles. The zero-order chi connectivity index (χ0) is 29.6. The standard InChI is InChI=1S/C31H37ClN4O5S/c1-41-19-22-16-24(36-18-20(15-29(36)38)17-34-30(39)27-10-11-28(32)42-27)6-9-26(22)35-14-2-3-21(31(35)40)12-13-33-23-4-7-25(37)8-5-23/h2-3,6,9-11,14,16,20,23,25,33,37H,4-5,7-8,12-13,15,17-19H2,1H3,(H,34,39)/t20-,23-,25-/m0/s1. The number of aromatic nitrogens is 1. The topological polar surface area (TPSA) is 113 Å². The van der Waals surface area contributed by atoms with E-state index in [0.29, 0.717) is 53.4 Å². The number of aliphatic hydroxyl groups is 1. The minimum atomic E-state index is -0.193. The van der Waals surface area contributed by atoms with Gasteiger partial charge in [-0.15, -0.1) is 11.3 Å². The number of aliphatic hydroxyl groups excluding tert-OH is 1. The molecule has 0 spiro atoms. The number of rotatable bonds is 11. The molecule has 0 bridgehead atoms. The maximum absolute atomic E-state index is 13.5. The summed E-state index contributed by atoms with van der Waals surface area (Å²) in [7, 11) is 1.60. The molecule has 2 aliphatic rings. The summed E-state index contributed by atoms with van der Waals surface area (Å²) in [5.74, 6) is -0.223. The number of ether oxygens (including phenoxy) is 1. The molecule has 1 aliphatic carbocycles. The molecule has 2 aromatic heterocycles. The van der Waals surface area contributed by atoms with Crippen molar-refractivity contribution in [2.24, 2.45) is 5.92 Å². The number of thiophene rings is 1. The number of amides is 2. The highest BCUT2D eigenvalue weighted by atomic mass is 35.5. The van der Waals surface area contributed by atoms with Crippen molar-refractivity contribution in [3.05, 3.63) is 79.4 Å². The zero-order valence-corrected chi connectivity index (χ0v) is 25.3. The summed E-state index contributed by atoms with van der Waals surface area (Å²) < 4.78 is 7.67. The van der Waals surface area contributed by atoms with Crippen LogP contribution >= 0.6 is 22.9 Å².